The average molecular weight is 225 g/mol. The van der Waals surface area contributed by atoms with Crippen molar-refractivity contribution in [2.45, 2.75) is 33.1 Å². The van der Waals surface area contributed by atoms with Gasteiger partial charge >= 0.3 is 0 Å². The molecule has 1 aromatic heterocycles. The minimum absolute atomic E-state index is 0.925. The van der Waals surface area contributed by atoms with E-state index in [0.717, 1.165) is 25.0 Å². The van der Waals surface area contributed by atoms with Crippen molar-refractivity contribution in [3.05, 3.63) is 65.0 Å². The SMILES string of the molecule is CCc1ccc(Cc2ccc(CC)cn2)cc1. The number of aryl methyl sites for hydroxylation is 2. The number of rotatable bonds is 4. The van der Waals surface area contributed by atoms with Gasteiger partial charge < -0.3 is 0 Å². The number of pyridine rings is 1. The summed E-state index contributed by atoms with van der Waals surface area (Å²) in [4.78, 5) is 4.49. The van der Waals surface area contributed by atoms with Crippen molar-refractivity contribution < 1.29 is 0 Å². The highest BCUT2D eigenvalue weighted by Gasteiger charge is 1.98. The summed E-state index contributed by atoms with van der Waals surface area (Å²) in [6, 6.07) is 13.1. The van der Waals surface area contributed by atoms with Crippen molar-refractivity contribution in [1.82, 2.24) is 4.98 Å². The minimum atomic E-state index is 0.925. The van der Waals surface area contributed by atoms with Crippen LogP contribution in [0.25, 0.3) is 0 Å². The highest BCUT2D eigenvalue weighted by molar-refractivity contribution is 5.26. The lowest BCUT2D eigenvalue weighted by molar-refractivity contribution is 1.03. The molecule has 0 aliphatic carbocycles. The average Bonchev–Trinajstić information content (AvgIpc) is 2.40. The first-order valence-electron chi connectivity index (χ1n) is 6.33. The molecule has 0 saturated heterocycles. The Morgan fingerprint density at radius 3 is 1.88 bits per heavy atom. The zero-order valence-electron chi connectivity index (χ0n) is 10.6. The molecule has 0 unspecified atom stereocenters. The lowest BCUT2D eigenvalue weighted by atomic mass is 10.1. The van der Waals surface area contributed by atoms with Crippen molar-refractivity contribution >= 4 is 0 Å². The second kappa shape index (κ2) is 5.62. The van der Waals surface area contributed by atoms with Crippen LogP contribution in [0.2, 0.25) is 0 Å². The number of hydrogen-bond acceptors (Lipinski definition) is 1. The predicted octanol–water partition coefficient (Wildman–Crippen LogP) is 3.80. The standard InChI is InChI=1S/C16H19N/c1-3-13-5-7-15(8-6-13)11-16-10-9-14(4-2)12-17-16/h5-10,12H,3-4,11H2,1-2H3. The molecule has 1 heteroatoms. The van der Waals surface area contributed by atoms with Gasteiger partial charge in [0.1, 0.15) is 0 Å². The first-order valence-corrected chi connectivity index (χ1v) is 6.33. The quantitative estimate of drug-likeness (QED) is 0.771. The Labute approximate surface area is 104 Å². The van der Waals surface area contributed by atoms with E-state index in [-0.39, 0.29) is 0 Å². The third kappa shape index (κ3) is 3.16. The topological polar surface area (TPSA) is 12.9 Å². The van der Waals surface area contributed by atoms with Gasteiger partial charge in [-0.3, -0.25) is 4.98 Å². The van der Waals surface area contributed by atoms with E-state index in [4.69, 9.17) is 0 Å². The second-order valence-corrected chi connectivity index (χ2v) is 4.36. The van der Waals surface area contributed by atoms with Gasteiger partial charge in [0.2, 0.25) is 0 Å². The van der Waals surface area contributed by atoms with Crippen LogP contribution in [0.15, 0.2) is 42.6 Å². The largest absolute Gasteiger partial charge is 0.261 e. The summed E-state index contributed by atoms with van der Waals surface area (Å²) in [5.41, 5.74) is 5.17. The van der Waals surface area contributed by atoms with Gasteiger partial charge in [0.05, 0.1) is 0 Å². The van der Waals surface area contributed by atoms with Gasteiger partial charge in [-0.15, -0.1) is 0 Å². The van der Waals surface area contributed by atoms with Crippen LogP contribution in [0.5, 0.6) is 0 Å². The molecule has 0 fully saturated rings. The Balaban J connectivity index is 2.08. The number of benzene rings is 1. The zero-order valence-corrected chi connectivity index (χ0v) is 10.6. The van der Waals surface area contributed by atoms with E-state index in [0.29, 0.717) is 0 Å². The van der Waals surface area contributed by atoms with Gasteiger partial charge in [-0.05, 0) is 35.6 Å². The monoisotopic (exact) mass is 225 g/mol. The van der Waals surface area contributed by atoms with E-state index < -0.39 is 0 Å². The lowest BCUT2D eigenvalue weighted by Crippen LogP contribution is -1.93. The number of aromatic nitrogens is 1. The van der Waals surface area contributed by atoms with Crippen molar-refractivity contribution in [3.8, 4) is 0 Å². The normalized spacial score (nSPS) is 10.5. The molecule has 0 saturated carbocycles. The van der Waals surface area contributed by atoms with E-state index in [2.05, 4.69) is 55.2 Å². The predicted molar refractivity (Wildman–Crippen MR) is 72.2 cm³/mol. The smallest absolute Gasteiger partial charge is 0.0447 e. The van der Waals surface area contributed by atoms with Crippen LogP contribution in [0.4, 0.5) is 0 Å². The summed E-state index contributed by atoms with van der Waals surface area (Å²) < 4.78 is 0. The van der Waals surface area contributed by atoms with Crippen molar-refractivity contribution in [2.24, 2.45) is 0 Å². The van der Waals surface area contributed by atoms with E-state index in [1.54, 1.807) is 0 Å². The van der Waals surface area contributed by atoms with Crippen molar-refractivity contribution in [3.63, 3.8) is 0 Å². The summed E-state index contributed by atoms with van der Waals surface area (Å²) in [5, 5.41) is 0. The molecule has 0 radical (unpaired) electrons. The Bertz CT molecular complexity index is 408. The zero-order chi connectivity index (χ0) is 12.1. The van der Waals surface area contributed by atoms with Crippen molar-refractivity contribution in [1.29, 1.82) is 0 Å². The van der Waals surface area contributed by atoms with Crippen LogP contribution in [0.3, 0.4) is 0 Å². The molecule has 0 aliphatic rings. The first-order chi connectivity index (χ1) is 8.31. The molecular formula is C16H19N. The molecule has 1 aromatic carbocycles. The molecule has 2 rings (SSSR count). The summed E-state index contributed by atoms with van der Waals surface area (Å²) >= 11 is 0. The summed E-state index contributed by atoms with van der Waals surface area (Å²) in [5.74, 6) is 0. The Hall–Kier alpha value is -1.63. The van der Waals surface area contributed by atoms with E-state index in [9.17, 15) is 0 Å². The van der Waals surface area contributed by atoms with Gasteiger partial charge in [0.25, 0.3) is 0 Å². The minimum Gasteiger partial charge on any atom is -0.261 e. The fourth-order valence-corrected chi connectivity index (χ4v) is 1.87. The van der Waals surface area contributed by atoms with E-state index >= 15 is 0 Å². The molecule has 0 aliphatic heterocycles. The third-order valence-corrected chi connectivity index (χ3v) is 3.11. The van der Waals surface area contributed by atoms with Crippen LogP contribution >= 0.6 is 0 Å². The molecule has 17 heavy (non-hydrogen) atoms. The fourth-order valence-electron chi connectivity index (χ4n) is 1.87. The maximum Gasteiger partial charge on any atom is 0.0447 e. The molecule has 0 amide bonds. The van der Waals surface area contributed by atoms with Gasteiger partial charge in [-0.2, -0.15) is 0 Å². The van der Waals surface area contributed by atoms with Gasteiger partial charge in [-0.25, -0.2) is 0 Å². The highest BCUT2D eigenvalue weighted by Crippen LogP contribution is 2.10. The molecule has 1 nitrogen and oxygen atoms in total. The van der Waals surface area contributed by atoms with Gasteiger partial charge in [0.15, 0.2) is 0 Å². The van der Waals surface area contributed by atoms with Crippen LogP contribution in [0, 0.1) is 0 Å². The molecule has 0 spiro atoms. The molecule has 1 heterocycles. The maximum atomic E-state index is 4.49. The Kier molecular flexibility index (Phi) is 3.92. The molecular weight excluding hydrogens is 206 g/mol. The summed E-state index contributed by atoms with van der Waals surface area (Å²) in [6.07, 6.45) is 5.06. The van der Waals surface area contributed by atoms with E-state index in [1.165, 1.54) is 16.7 Å². The van der Waals surface area contributed by atoms with Crippen molar-refractivity contribution in [2.75, 3.05) is 0 Å². The third-order valence-electron chi connectivity index (χ3n) is 3.11. The van der Waals surface area contributed by atoms with E-state index in [1.807, 2.05) is 6.20 Å². The van der Waals surface area contributed by atoms with Gasteiger partial charge in [-0.1, -0.05) is 44.2 Å². The second-order valence-electron chi connectivity index (χ2n) is 4.36. The molecule has 2 aromatic rings. The summed E-state index contributed by atoms with van der Waals surface area (Å²) in [7, 11) is 0. The van der Waals surface area contributed by atoms with Gasteiger partial charge in [0, 0.05) is 18.3 Å². The molecule has 0 atom stereocenters. The number of hydrogen-bond donors (Lipinski definition) is 0. The van der Waals surface area contributed by atoms with Crippen LogP contribution < -0.4 is 0 Å². The number of nitrogens with zero attached hydrogens (tertiary/aromatic N) is 1. The van der Waals surface area contributed by atoms with Crippen LogP contribution in [0.1, 0.15) is 36.2 Å². The summed E-state index contributed by atoms with van der Waals surface area (Å²) in [6.45, 7) is 4.33. The fraction of sp³-hybridized carbons (Fsp3) is 0.312. The molecule has 88 valence electrons. The highest BCUT2D eigenvalue weighted by atomic mass is 14.7. The van der Waals surface area contributed by atoms with Crippen LogP contribution in [-0.2, 0) is 19.3 Å². The van der Waals surface area contributed by atoms with Crippen LogP contribution in [-0.4, -0.2) is 4.98 Å². The Morgan fingerprint density at radius 2 is 1.35 bits per heavy atom. The first kappa shape index (κ1) is 11.8. The lowest BCUT2D eigenvalue weighted by Gasteiger charge is -2.03. The Morgan fingerprint density at radius 1 is 0.765 bits per heavy atom. The molecule has 0 bridgehead atoms. The molecule has 0 N–H and O–H groups in total. The maximum absolute atomic E-state index is 4.49.